The summed E-state index contributed by atoms with van der Waals surface area (Å²) in [4.78, 5) is 24.1. The zero-order valence-electron chi connectivity index (χ0n) is 18.8. The van der Waals surface area contributed by atoms with Crippen molar-refractivity contribution in [2.45, 2.75) is 18.4 Å². The van der Waals surface area contributed by atoms with Gasteiger partial charge in [-0.25, -0.2) is 13.2 Å². The third kappa shape index (κ3) is 7.24. The van der Waals surface area contributed by atoms with Gasteiger partial charge in [-0.15, -0.1) is 0 Å². The number of urea groups is 1. The van der Waals surface area contributed by atoms with Gasteiger partial charge in [0.25, 0.3) is 10.0 Å². The summed E-state index contributed by atoms with van der Waals surface area (Å²) in [7, 11) is -2.36. The fraction of sp³-hybridized carbons (Fsp3) is 0.167. The van der Waals surface area contributed by atoms with E-state index in [4.69, 9.17) is 4.74 Å². The summed E-state index contributed by atoms with van der Waals surface area (Å²) in [6.45, 7) is 2.03. The Labute approximate surface area is 198 Å². The number of methoxy groups -OCH3 is 1. The smallest absolute Gasteiger partial charge is 0.315 e. The minimum Gasteiger partial charge on any atom is -0.497 e. The number of amides is 3. The van der Waals surface area contributed by atoms with E-state index < -0.39 is 22.0 Å². The largest absolute Gasteiger partial charge is 0.497 e. The van der Waals surface area contributed by atoms with Crippen molar-refractivity contribution in [1.29, 1.82) is 0 Å². The van der Waals surface area contributed by atoms with Crippen LogP contribution in [-0.2, 0) is 21.4 Å². The van der Waals surface area contributed by atoms with E-state index in [-0.39, 0.29) is 17.1 Å². The number of ether oxygens (including phenoxy) is 1. The summed E-state index contributed by atoms with van der Waals surface area (Å²) in [5.74, 6) is 0.105. The van der Waals surface area contributed by atoms with E-state index >= 15 is 0 Å². The maximum Gasteiger partial charge on any atom is 0.315 e. The number of aryl methyl sites for hydroxylation is 1. The molecule has 3 aromatic carbocycles. The number of hydrogen-bond donors (Lipinski definition) is 4. The average Bonchev–Trinajstić information content (AvgIpc) is 2.83. The van der Waals surface area contributed by atoms with E-state index in [1.54, 1.807) is 30.3 Å². The molecule has 3 amide bonds. The Morgan fingerprint density at radius 2 is 1.59 bits per heavy atom. The van der Waals surface area contributed by atoms with Gasteiger partial charge in [-0.05, 0) is 55.0 Å². The van der Waals surface area contributed by atoms with Gasteiger partial charge in [0, 0.05) is 17.9 Å². The quantitative estimate of drug-likeness (QED) is 0.373. The van der Waals surface area contributed by atoms with E-state index in [0.717, 1.165) is 11.1 Å². The predicted molar refractivity (Wildman–Crippen MR) is 130 cm³/mol. The van der Waals surface area contributed by atoms with Crippen LogP contribution in [0.3, 0.4) is 0 Å². The summed E-state index contributed by atoms with van der Waals surface area (Å²) in [5, 5.41) is 7.72. The molecule has 10 heteroatoms. The molecule has 0 spiro atoms. The molecule has 9 nitrogen and oxygen atoms in total. The van der Waals surface area contributed by atoms with Crippen molar-refractivity contribution in [2.75, 3.05) is 23.7 Å². The van der Waals surface area contributed by atoms with Gasteiger partial charge >= 0.3 is 6.03 Å². The van der Waals surface area contributed by atoms with Gasteiger partial charge in [0.05, 0.1) is 18.6 Å². The van der Waals surface area contributed by atoms with Crippen LogP contribution in [0.4, 0.5) is 16.2 Å². The summed E-state index contributed by atoms with van der Waals surface area (Å²) in [6.07, 6.45) is 0. The lowest BCUT2D eigenvalue weighted by molar-refractivity contribution is -0.115. The number of hydrogen-bond acceptors (Lipinski definition) is 5. The zero-order chi connectivity index (χ0) is 24.6. The first-order valence-electron chi connectivity index (χ1n) is 10.4. The SMILES string of the molecule is COc1ccc(NS(=O)(=O)c2cccc(NC(=O)CNC(=O)NCc3ccc(C)cc3)c2)cc1. The molecule has 0 aromatic heterocycles. The summed E-state index contributed by atoms with van der Waals surface area (Å²) in [5.41, 5.74) is 2.71. The van der Waals surface area contributed by atoms with Crippen molar-refractivity contribution in [1.82, 2.24) is 10.6 Å². The third-order valence-electron chi connectivity index (χ3n) is 4.75. The molecule has 0 aliphatic heterocycles. The van der Waals surface area contributed by atoms with Gasteiger partial charge in [-0.1, -0.05) is 35.9 Å². The monoisotopic (exact) mass is 482 g/mol. The molecule has 0 aliphatic rings. The summed E-state index contributed by atoms with van der Waals surface area (Å²) in [6, 6.07) is 19.5. The first-order chi connectivity index (χ1) is 16.2. The number of anilines is 2. The first-order valence-corrected chi connectivity index (χ1v) is 11.9. The minimum atomic E-state index is -3.88. The lowest BCUT2D eigenvalue weighted by Crippen LogP contribution is -2.39. The van der Waals surface area contributed by atoms with Crippen LogP contribution >= 0.6 is 0 Å². The average molecular weight is 483 g/mol. The topological polar surface area (TPSA) is 126 Å². The van der Waals surface area contributed by atoms with Crippen LogP contribution in [-0.4, -0.2) is 34.0 Å². The molecule has 178 valence electrons. The molecule has 0 aliphatic carbocycles. The molecular weight excluding hydrogens is 456 g/mol. The van der Waals surface area contributed by atoms with Crippen LogP contribution in [0, 0.1) is 6.92 Å². The number of rotatable bonds is 9. The van der Waals surface area contributed by atoms with Gasteiger partial charge in [0.1, 0.15) is 5.75 Å². The molecule has 4 N–H and O–H groups in total. The normalized spacial score (nSPS) is 10.8. The highest BCUT2D eigenvalue weighted by Gasteiger charge is 2.15. The van der Waals surface area contributed by atoms with Crippen LogP contribution in [0.2, 0.25) is 0 Å². The Morgan fingerprint density at radius 3 is 2.26 bits per heavy atom. The minimum absolute atomic E-state index is 0.0232. The molecule has 0 heterocycles. The summed E-state index contributed by atoms with van der Waals surface area (Å²) >= 11 is 0. The Bertz CT molecular complexity index is 1240. The highest BCUT2D eigenvalue weighted by atomic mass is 32.2. The van der Waals surface area contributed by atoms with Crippen molar-refractivity contribution < 1.29 is 22.7 Å². The number of sulfonamides is 1. The van der Waals surface area contributed by atoms with Crippen molar-refractivity contribution in [3.05, 3.63) is 83.9 Å². The van der Waals surface area contributed by atoms with Crippen LogP contribution < -0.4 is 25.4 Å². The van der Waals surface area contributed by atoms with Crippen molar-refractivity contribution in [3.63, 3.8) is 0 Å². The predicted octanol–water partition coefficient (Wildman–Crippen LogP) is 3.24. The Hall–Kier alpha value is -4.05. The second-order valence-corrected chi connectivity index (χ2v) is 9.11. The highest BCUT2D eigenvalue weighted by Crippen LogP contribution is 2.21. The molecule has 0 unspecified atom stereocenters. The highest BCUT2D eigenvalue weighted by molar-refractivity contribution is 7.92. The Kier molecular flexibility index (Phi) is 8.10. The van der Waals surface area contributed by atoms with Gasteiger partial charge in [-0.3, -0.25) is 9.52 Å². The maximum absolute atomic E-state index is 12.7. The number of benzene rings is 3. The molecule has 3 rings (SSSR count). The second kappa shape index (κ2) is 11.2. The first kappa shape index (κ1) is 24.6. The fourth-order valence-corrected chi connectivity index (χ4v) is 4.03. The van der Waals surface area contributed by atoms with Crippen LogP contribution in [0.5, 0.6) is 5.75 Å². The molecule has 34 heavy (non-hydrogen) atoms. The van der Waals surface area contributed by atoms with Gasteiger partial charge in [0.2, 0.25) is 5.91 Å². The molecule has 0 saturated carbocycles. The molecule has 0 bridgehead atoms. The molecule has 3 aromatic rings. The van der Waals surface area contributed by atoms with E-state index in [1.807, 2.05) is 31.2 Å². The molecular formula is C24H26N4O5S. The molecule has 0 fully saturated rings. The fourth-order valence-electron chi connectivity index (χ4n) is 2.93. The standard InChI is InChI=1S/C24H26N4O5S/c1-17-6-8-18(9-7-17)15-25-24(30)26-16-23(29)27-20-4-3-5-22(14-20)34(31,32)28-19-10-12-21(33-2)13-11-19/h3-14,28H,15-16H2,1-2H3,(H,27,29)(H2,25,26,30). The Balaban J connectivity index is 1.51. The van der Waals surface area contributed by atoms with E-state index in [1.165, 1.54) is 25.3 Å². The maximum atomic E-state index is 12.7. The molecule has 0 saturated heterocycles. The third-order valence-corrected chi connectivity index (χ3v) is 6.13. The molecule has 0 radical (unpaired) electrons. The van der Waals surface area contributed by atoms with Crippen LogP contribution in [0.15, 0.2) is 77.7 Å². The summed E-state index contributed by atoms with van der Waals surface area (Å²) < 4.78 is 32.9. The molecule has 0 atom stereocenters. The van der Waals surface area contributed by atoms with Crippen molar-refractivity contribution in [3.8, 4) is 5.75 Å². The number of carbonyl (C=O) groups excluding carboxylic acids is 2. The second-order valence-electron chi connectivity index (χ2n) is 7.43. The van der Waals surface area contributed by atoms with Crippen LogP contribution in [0.1, 0.15) is 11.1 Å². The lowest BCUT2D eigenvalue weighted by Gasteiger charge is -2.11. The van der Waals surface area contributed by atoms with Gasteiger partial charge < -0.3 is 20.7 Å². The van der Waals surface area contributed by atoms with Crippen molar-refractivity contribution in [2.24, 2.45) is 0 Å². The van der Waals surface area contributed by atoms with E-state index in [9.17, 15) is 18.0 Å². The van der Waals surface area contributed by atoms with E-state index in [2.05, 4.69) is 20.7 Å². The van der Waals surface area contributed by atoms with Gasteiger partial charge in [0.15, 0.2) is 0 Å². The van der Waals surface area contributed by atoms with Gasteiger partial charge in [-0.2, -0.15) is 0 Å². The number of carbonyl (C=O) groups is 2. The number of nitrogens with one attached hydrogen (secondary N) is 4. The van der Waals surface area contributed by atoms with Crippen LogP contribution in [0.25, 0.3) is 0 Å². The lowest BCUT2D eigenvalue weighted by atomic mass is 10.1. The van der Waals surface area contributed by atoms with E-state index in [0.29, 0.717) is 18.0 Å². The zero-order valence-corrected chi connectivity index (χ0v) is 19.6. The van der Waals surface area contributed by atoms with Crippen molar-refractivity contribution >= 4 is 33.3 Å². The Morgan fingerprint density at radius 1 is 0.882 bits per heavy atom.